The Kier molecular flexibility index (Phi) is 6.83. The number of nitrogens with zero attached hydrogens (tertiary/aromatic N) is 2. The largest absolute Gasteiger partial charge is 0.354 e. The van der Waals surface area contributed by atoms with Gasteiger partial charge in [-0.2, -0.15) is 0 Å². The molecule has 7 aromatic rings. The molecule has 1 saturated carbocycles. The van der Waals surface area contributed by atoms with Gasteiger partial charge < -0.3 is 9.97 Å². The van der Waals surface area contributed by atoms with E-state index >= 15 is 0 Å². The summed E-state index contributed by atoms with van der Waals surface area (Å²) in [5, 5.41) is 0. The van der Waals surface area contributed by atoms with E-state index < -0.39 is 5.41 Å². The van der Waals surface area contributed by atoms with Gasteiger partial charge >= 0.3 is 0 Å². The van der Waals surface area contributed by atoms with Crippen LogP contribution in [0.15, 0.2) is 146 Å². The van der Waals surface area contributed by atoms with Crippen molar-refractivity contribution in [3.63, 3.8) is 0 Å². The van der Waals surface area contributed by atoms with Gasteiger partial charge in [0.15, 0.2) is 0 Å². The number of carbonyl (C=O) groups is 1. The highest BCUT2D eigenvalue weighted by atomic mass is 16.1. The van der Waals surface area contributed by atoms with Crippen LogP contribution >= 0.6 is 0 Å². The lowest BCUT2D eigenvalue weighted by Crippen LogP contribution is -2.18. The smallest absolute Gasteiger partial charge is 0.142 e. The fraction of sp³-hybridized carbons (Fsp3) is 0.0851. The highest BCUT2D eigenvalue weighted by molar-refractivity contribution is 6.02. The number of aromatic nitrogens is 4. The molecule has 2 N–H and O–H groups in total. The predicted octanol–water partition coefficient (Wildman–Crippen LogP) is 11.2. The van der Waals surface area contributed by atoms with E-state index in [1.54, 1.807) is 6.92 Å². The number of rotatable bonds is 5. The Morgan fingerprint density at radius 2 is 0.904 bits per heavy atom. The van der Waals surface area contributed by atoms with Crippen LogP contribution in [0.5, 0.6) is 0 Å². The Morgan fingerprint density at radius 3 is 1.35 bits per heavy atom. The van der Waals surface area contributed by atoms with Crippen LogP contribution in [0.25, 0.3) is 78.7 Å². The lowest BCUT2D eigenvalue weighted by Gasteiger charge is -2.13. The summed E-state index contributed by atoms with van der Waals surface area (Å²) in [7, 11) is 0. The maximum absolute atomic E-state index is 13.9. The van der Waals surface area contributed by atoms with E-state index in [4.69, 9.17) is 9.97 Å². The van der Waals surface area contributed by atoms with Crippen molar-refractivity contribution in [2.75, 3.05) is 0 Å². The summed E-state index contributed by atoms with van der Waals surface area (Å²) in [5.74, 6) is 0.113. The summed E-state index contributed by atoms with van der Waals surface area (Å²) in [6.07, 6.45) is 4.97. The number of hydrogen-bond acceptors (Lipinski definition) is 3. The van der Waals surface area contributed by atoms with Crippen LogP contribution in [-0.4, -0.2) is 25.7 Å². The minimum absolute atomic E-state index is 0.0336. The highest BCUT2D eigenvalue weighted by Gasteiger charge is 2.66. The van der Waals surface area contributed by atoms with Crippen molar-refractivity contribution in [1.82, 2.24) is 19.9 Å². The molecule has 0 amide bonds. The van der Waals surface area contributed by atoms with Crippen LogP contribution in [0.3, 0.4) is 0 Å². The molecule has 1 aliphatic carbocycles. The summed E-state index contributed by atoms with van der Waals surface area (Å²) >= 11 is 0. The van der Waals surface area contributed by atoms with Gasteiger partial charge in [-0.05, 0) is 72.0 Å². The number of H-pyrrole nitrogens is 2. The molecule has 4 aromatic carbocycles. The number of aromatic amines is 2. The minimum Gasteiger partial charge on any atom is -0.354 e. The summed E-state index contributed by atoms with van der Waals surface area (Å²) in [4.78, 5) is 32.5. The summed E-state index contributed by atoms with van der Waals surface area (Å²) < 4.78 is 0. The molecule has 10 rings (SSSR count). The number of fused-ring (bicyclic) bond motifs is 11. The van der Waals surface area contributed by atoms with E-state index in [9.17, 15) is 4.79 Å². The van der Waals surface area contributed by atoms with Gasteiger partial charge in [-0.25, -0.2) is 4.98 Å². The molecule has 1 fully saturated rings. The van der Waals surface area contributed by atoms with Crippen molar-refractivity contribution in [2.24, 2.45) is 0 Å². The van der Waals surface area contributed by atoms with E-state index in [-0.39, 0.29) is 11.7 Å². The van der Waals surface area contributed by atoms with Crippen LogP contribution in [-0.2, 0) is 10.2 Å². The van der Waals surface area contributed by atoms with Crippen LogP contribution in [0, 0.1) is 0 Å². The standard InChI is InChI=1S/C47H34N4O/c1-29(52)47-28-34(47)45-43(32-18-10-4-11-19-32)39-26-24-37(49-39)41(30-14-6-2-7-15-30)35-22-23-36(48-35)42(31-16-8-3-9-17-31)38-25-27-40(50-38)44(46(47)51-45)33-20-12-5-13-21-33/h2-27,34,49-50H,28H2,1H3. The topological polar surface area (TPSA) is 74.4 Å². The maximum Gasteiger partial charge on any atom is 0.142 e. The Balaban J connectivity index is 1.44. The first-order chi connectivity index (χ1) is 25.6. The number of hydrogen-bond donors (Lipinski definition) is 2. The van der Waals surface area contributed by atoms with Gasteiger partial charge in [0, 0.05) is 50.2 Å². The molecule has 2 aliphatic heterocycles. The van der Waals surface area contributed by atoms with Crippen molar-refractivity contribution in [3.8, 4) is 44.5 Å². The molecule has 5 heteroatoms. The van der Waals surface area contributed by atoms with Gasteiger partial charge in [0.25, 0.3) is 0 Å². The second-order valence-corrected chi connectivity index (χ2v) is 13.9. The van der Waals surface area contributed by atoms with E-state index in [1.165, 1.54) is 0 Å². The van der Waals surface area contributed by atoms with E-state index in [0.29, 0.717) is 0 Å². The van der Waals surface area contributed by atoms with Crippen molar-refractivity contribution >= 4 is 40.0 Å². The first-order valence-electron chi connectivity index (χ1n) is 17.8. The summed E-state index contributed by atoms with van der Waals surface area (Å²) in [6, 6.07) is 50.3. The first-order valence-corrected chi connectivity index (χ1v) is 17.8. The quantitative estimate of drug-likeness (QED) is 0.191. The van der Waals surface area contributed by atoms with E-state index in [1.807, 2.05) is 24.3 Å². The van der Waals surface area contributed by atoms with Crippen molar-refractivity contribution < 1.29 is 4.79 Å². The minimum atomic E-state index is -0.704. The highest BCUT2D eigenvalue weighted by Crippen LogP contribution is 2.66. The van der Waals surface area contributed by atoms with Gasteiger partial charge in [0.05, 0.1) is 28.2 Å². The molecule has 2 unspecified atom stereocenters. The second-order valence-electron chi connectivity index (χ2n) is 13.9. The first kappa shape index (κ1) is 30.3. The van der Waals surface area contributed by atoms with Gasteiger partial charge in [0.1, 0.15) is 5.78 Å². The van der Waals surface area contributed by atoms with Crippen LogP contribution in [0.4, 0.5) is 0 Å². The van der Waals surface area contributed by atoms with Crippen molar-refractivity contribution in [2.45, 2.75) is 24.7 Å². The molecule has 248 valence electrons. The molecule has 5 nitrogen and oxygen atoms in total. The van der Waals surface area contributed by atoms with E-state index in [0.717, 1.165) is 95.8 Å². The molecular weight excluding hydrogens is 637 g/mol. The molecule has 3 aromatic heterocycles. The predicted molar refractivity (Wildman–Crippen MR) is 211 cm³/mol. The molecule has 52 heavy (non-hydrogen) atoms. The molecular formula is C47H34N4O. The molecule has 0 spiro atoms. The molecule has 5 heterocycles. The third-order valence-corrected chi connectivity index (χ3v) is 10.9. The Bertz CT molecular complexity index is 2730. The number of carbonyl (C=O) groups excluding carboxylic acids is 1. The monoisotopic (exact) mass is 670 g/mol. The molecule has 0 radical (unpaired) electrons. The zero-order valence-corrected chi connectivity index (χ0v) is 28.6. The lowest BCUT2D eigenvalue weighted by atomic mass is 9.89. The SMILES string of the molecule is CC(=O)C12CC1c1nc2c(-c2ccccc2)c2ccc([nH]2)c(-c2ccccc2)c2nc(c(-c3ccccc3)c3ccc([nH]3)c1-c1ccccc1)C=C2. The molecule has 2 atom stereocenters. The Morgan fingerprint density at radius 1 is 0.519 bits per heavy atom. The summed E-state index contributed by atoms with van der Waals surface area (Å²) in [6.45, 7) is 1.74. The number of nitrogens with one attached hydrogen (secondary N) is 2. The van der Waals surface area contributed by atoms with Gasteiger partial charge in [0.2, 0.25) is 0 Å². The second kappa shape index (κ2) is 11.7. The number of Topliss-reactive ketones (excluding diaryl/α,β-unsaturated/α-hetero) is 1. The van der Waals surface area contributed by atoms with Crippen molar-refractivity contribution in [1.29, 1.82) is 0 Å². The van der Waals surface area contributed by atoms with Crippen LogP contribution in [0.1, 0.15) is 42.0 Å². The fourth-order valence-electron chi connectivity index (χ4n) is 8.40. The molecule has 0 saturated heterocycles. The Labute approximate surface area is 301 Å². The van der Waals surface area contributed by atoms with Crippen LogP contribution in [0.2, 0.25) is 0 Å². The maximum atomic E-state index is 13.9. The zero-order chi connectivity index (χ0) is 34.8. The van der Waals surface area contributed by atoms with Crippen molar-refractivity contribution in [3.05, 3.63) is 168 Å². The average Bonchev–Trinajstić information content (AvgIpc) is 3.66. The van der Waals surface area contributed by atoms with E-state index in [2.05, 4.69) is 143 Å². The number of benzene rings is 4. The van der Waals surface area contributed by atoms with Crippen LogP contribution < -0.4 is 0 Å². The zero-order valence-electron chi connectivity index (χ0n) is 28.6. The van der Waals surface area contributed by atoms with Gasteiger partial charge in [-0.1, -0.05) is 121 Å². The van der Waals surface area contributed by atoms with Gasteiger partial charge in [-0.15, -0.1) is 0 Å². The lowest BCUT2D eigenvalue weighted by molar-refractivity contribution is -0.119. The fourth-order valence-corrected chi connectivity index (χ4v) is 8.40. The number of ketones is 1. The molecule has 3 aliphatic rings. The summed E-state index contributed by atoms with van der Waals surface area (Å²) in [5.41, 5.74) is 14.8. The Hall–Kier alpha value is -6.59. The average molecular weight is 671 g/mol. The third kappa shape index (κ3) is 4.66. The van der Waals surface area contributed by atoms with Gasteiger partial charge in [-0.3, -0.25) is 9.78 Å². The normalized spacial score (nSPS) is 17.1. The molecule has 8 bridgehead atoms. The third-order valence-electron chi connectivity index (χ3n) is 10.9.